The molecule has 1 aromatic carbocycles. The first kappa shape index (κ1) is 12.9. The average Bonchev–Trinajstić information content (AvgIpc) is 2.95. The number of anilines is 1. The Morgan fingerprint density at radius 3 is 2.79 bits per heavy atom. The van der Waals surface area contributed by atoms with Gasteiger partial charge in [-0.05, 0) is 56.0 Å². The highest BCUT2D eigenvalue weighted by Gasteiger charge is 2.28. The van der Waals surface area contributed by atoms with Crippen LogP contribution in [0, 0.1) is 5.92 Å². The van der Waals surface area contributed by atoms with Gasteiger partial charge in [0.2, 0.25) is 0 Å². The summed E-state index contributed by atoms with van der Waals surface area (Å²) >= 11 is 0. The lowest BCUT2D eigenvalue weighted by Gasteiger charge is -2.22. The summed E-state index contributed by atoms with van der Waals surface area (Å²) < 4.78 is 0. The number of rotatable bonds is 3. The highest BCUT2D eigenvalue weighted by molar-refractivity contribution is 5.46. The van der Waals surface area contributed by atoms with Crippen LogP contribution in [-0.4, -0.2) is 35.5 Å². The fraction of sp³-hybridized carbons (Fsp3) is 0.625. The van der Waals surface area contributed by atoms with Crippen LogP contribution < -0.4 is 5.73 Å². The molecule has 2 aliphatic rings. The number of fused-ring (bicyclic) bond motifs is 1. The summed E-state index contributed by atoms with van der Waals surface area (Å²) in [5.41, 5.74) is 9.66. The summed E-state index contributed by atoms with van der Waals surface area (Å²) in [5.74, 6) is 0.842. The Balaban J connectivity index is 1.56. The second-order valence-electron chi connectivity index (χ2n) is 6.44. The molecule has 1 atom stereocenters. The van der Waals surface area contributed by atoms with E-state index in [4.69, 9.17) is 5.73 Å². The van der Waals surface area contributed by atoms with E-state index >= 15 is 0 Å². The molecule has 0 radical (unpaired) electrons. The van der Waals surface area contributed by atoms with Gasteiger partial charge in [0.25, 0.3) is 0 Å². The largest absolute Gasteiger partial charge is 0.399 e. The van der Waals surface area contributed by atoms with Gasteiger partial charge in [-0.15, -0.1) is 0 Å². The van der Waals surface area contributed by atoms with E-state index in [2.05, 4.69) is 35.8 Å². The third-order valence-electron chi connectivity index (χ3n) is 4.58. The quantitative estimate of drug-likeness (QED) is 0.846. The molecule has 1 saturated heterocycles. The summed E-state index contributed by atoms with van der Waals surface area (Å²) in [6.07, 6.45) is 1.35. The van der Waals surface area contributed by atoms with Crippen molar-refractivity contribution in [2.75, 3.05) is 25.4 Å². The van der Waals surface area contributed by atoms with Crippen LogP contribution in [0.25, 0.3) is 0 Å². The zero-order valence-electron chi connectivity index (χ0n) is 12.1. The number of nitrogens with zero attached hydrogens (tertiary/aromatic N) is 2. The van der Waals surface area contributed by atoms with Crippen molar-refractivity contribution in [3.8, 4) is 0 Å². The van der Waals surface area contributed by atoms with E-state index < -0.39 is 0 Å². The maximum absolute atomic E-state index is 5.87. The molecule has 2 aliphatic heterocycles. The molecule has 3 nitrogen and oxygen atoms in total. The van der Waals surface area contributed by atoms with Crippen LogP contribution in [-0.2, 0) is 13.1 Å². The Bertz CT molecular complexity index is 455. The highest BCUT2D eigenvalue weighted by Crippen LogP contribution is 2.27. The van der Waals surface area contributed by atoms with Gasteiger partial charge in [0.1, 0.15) is 0 Å². The minimum atomic E-state index is 0.695. The van der Waals surface area contributed by atoms with Gasteiger partial charge in [0, 0.05) is 37.9 Å². The third kappa shape index (κ3) is 2.77. The molecule has 1 aromatic rings. The first-order chi connectivity index (χ1) is 9.11. The monoisotopic (exact) mass is 259 g/mol. The molecule has 1 unspecified atom stereocenters. The van der Waals surface area contributed by atoms with Gasteiger partial charge in [0.05, 0.1) is 0 Å². The number of nitrogen functional groups attached to an aromatic ring is 1. The Morgan fingerprint density at radius 2 is 2.05 bits per heavy atom. The summed E-state index contributed by atoms with van der Waals surface area (Å²) in [4.78, 5) is 5.18. The molecule has 1 fully saturated rings. The lowest BCUT2D eigenvalue weighted by atomic mass is 10.1. The number of likely N-dealkylation sites (tertiary alicyclic amines) is 1. The topological polar surface area (TPSA) is 32.5 Å². The standard InChI is InChI=1S/C16H25N3/c1-12(2)19-6-5-13(9-19)8-18-10-14-3-4-16(17)7-15(14)11-18/h3-4,7,12-13H,5-6,8-11,17H2,1-2H3. The van der Waals surface area contributed by atoms with Crippen LogP contribution in [0.1, 0.15) is 31.4 Å². The number of benzene rings is 1. The zero-order valence-corrected chi connectivity index (χ0v) is 12.1. The SMILES string of the molecule is CC(C)N1CCC(CN2Cc3ccc(N)cc3C2)C1. The molecule has 0 aliphatic carbocycles. The van der Waals surface area contributed by atoms with E-state index in [1.165, 1.54) is 37.2 Å². The normalized spacial score (nSPS) is 24.3. The van der Waals surface area contributed by atoms with Crippen LogP contribution in [0.5, 0.6) is 0 Å². The van der Waals surface area contributed by atoms with E-state index in [1.54, 1.807) is 0 Å². The summed E-state index contributed by atoms with van der Waals surface area (Å²) in [6.45, 7) is 10.6. The maximum atomic E-state index is 5.87. The van der Waals surface area contributed by atoms with Gasteiger partial charge in [0.15, 0.2) is 0 Å². The molecule has 3 rings (SSSR count). The number of hydrogen-bond acceptors (Lipinski definition) is 3. The molecule has 0 aromatic heterocycles. The fourth-order valence-corrected chi connectivity index (χ4v) is 3.46. The predicted octanol–water partition coefficient (Wildman–Crippen LogP) is 2.31. The van der Waals surface area contributed by atoms with Crippen molar-refractivity contribution < 1.29 is 0 Å². The fourth-order valence-electron chi connectivity index (χ4n) is 3.46. The van der Waals surface area contributed by atoms with Crippen LogP contribution in [0.15, 0.2) is 18.2 Å². The van der Waals surface area contributed by atoms with E-state index in [9.17, 15) is 0 Å². The van der Waals surface area contributed by atoms with Crippen molar-refractivity contribution in [1.82, 2.24) is 9.80 Å². The van der Waals surface area contributed by atoms with Gasteiger partial charge in [-0.3, -0.25) is 4.90 Å². The van der Waals surface area contributed by atoms with E-state index in [0.717, 1.165) is 24.7 Å². The van der Waals surface area contributed by atoms with Crippen LogP contribution in [0.3, 0.4) is 0 Å². The molecule has 2 N–H and O–H groups in total. The highest BCUT2D eigenvalue weighted by atomic mass is 15.2. The lowest BCUT2D eigenvalue weighted by molar-refractivity contribution is 0.217. The second kappa shape index (κ2) is 5.14. The molecule has 0 amide bonds. The summed E-state index contributed by atoms with van der Waals surface area (Å²) in [7, 11) is 0. The molecule has 0 bridgehead atoms. The predicted molar refractivity (Wildman–Crippen MR) is 79.8 cm³/mol. The minimum absolute atomic E-state index is 0.695. The Labute approximate surface area is 116 Å². The van der Waals surface area contributed by atoms with Crippen molar-refractivity contribution >= 4 is 5.69 Å². The van der Waals surface area contributed by atoms with Gasteiger partial charge >= 0.3 is 0 Å². The van der Waals surface area contributed by atoms with Gasteiger partial charge < -0.3 is 10.6 Å². The minimum Gasteiger partial charge on any atom is -0.399 e. The Kier molecular flexibility index (Phi) is 3.50. The molecule has 0 saturated carbocycles. The van der Waals surface area contributed by atoms with Gasteiger partial charge in [-0.1, -0.05) is 6.07 Å². The summed E-state index contributed by atoms with van der Waals surface area (Å²) in [6, 6.07) is 7.06. The molecule has 2 heterocycles. The van der Waals surface area contributed by atoms with E-state index in [0.29, 0.717) is 6.04 Å². The maximum Gasteiger partial charge on any atom is 0.0317 e. The smallest absolute Gasteiger partial charge is 0.0317 e. The third-order valence-corrected chi connectivity index (χ3v) is 4.58. The van der Waals surface area contributed by atoms with Crippen LogP contribution in [0.2, 0.25) is 0 Å². The van der Waals surface area contributed by atoms with Crippen molar-refractivity contribution in [2.45, 2.75) is 39.4 Å². The average molecular weight is 259 g/mol. The number of hydrogen-bond donors (Lipinski definition) is 1. The van der Waals surface area contributed by atoms with E-state index in [-0.39, 0.29) is 0 Å². The molecular weight excluding hydrogens is 234 g/mol. The number of nitrogens with two attached hydrogens (primary N) is 1. The van der Waals surface area contributed by atoms with Crippen LogP contribution in [0.4, 0.5) is 5.69 Å². The first-order valence-corrected chi connectivity index (χ1v) is 7.45. The van der Waals surface area contributed by atoms with Gasteiger partial charge in [-0.2, -0.15) is 0 Å². The molecular formula is C16H25N3. The molecule has 0 spiro atoms. The molecule has 104 valence electrons. The van der Waals surface area contributed by atoms with Crippen molar-refractivity contribution in [3.63, 3.8) is 0 Å². The second-order valence-corrected chi connectivity index (χ2v) is 6.44. The molecule has 3 heteroatoms. The van der Waals surface area contributed by atoms with E-state index in [1.807, 2.05) is 6.07 Å². The first-order valence-electron chi connectivity index (χ1n) is 7.45. The summed E-state index contributed by atoms with van der Waals surface area (Å²) in [5, 5.41) is 0. The van der Waals surface area contributed by atoms with Crippen LogP contribution >= 0.6 is 0 Å². The van der Waals surface area contributed by atoms with Crippen molar-refractivity contribution in [2.24, 2.45) is 5.92 Å². The van der Waals surface area contributed by atoms with Crippen molar-refractivity contribution in [1.29, 1.82) is 0 Å². The molecule has 19 heavy (non-hydrogen) atoms. The van der Waals surface area contributed by atoms with Crippen molar-refractivity contribution in [3.05, 3.63) is 29.3 Å². The zero-order chi connectivity index (χ0) is 13.4. The van der Waals surface area contributed by atoms with Gasteiger partial charge in [-0.25, -0.2) is 0 Å². The lowest BCUT2D eigenvalue weighted by Crippen LogP contribution is -2.31. The Morgan fingerprint density at radius 1 is 1.26 bits per heavy atom. The Hall–Kier alpha value is -1.06.